The molecule has 0 unspecified atom stereocenters. The molecule has 0 spiro atoms. The molecule has 1 amide bonds. The van der Waals surface area contributed by atoms with E-state index in [-0.39, 0.29) is 5.91 Å². The lowest BCUT2D eigenvalue weighted by molar-refractivity contribution is 0.0954. The summed E-state index contributed by atoms with van der Waals surface area (Å²) < 4.78 is 0.971. The Bertz CT molecular complexity index is 762. The number of hydrogen-bond acceptors (Lipinski definition) is 1. The van der Waals surface area contributed by atoms with Crippen LogP contribution in [0.4, 0.5) is 0 Å². The third kappa shape index (κ3) is 3.34. The van der Waals surface area contributed by atoms with Crippen molar-refractivity contribution >= 4 is 32.7 Å². The van der Waals surface area contributed by atoms with Gasteiger partial charge in [-0.25, -0.2) is 0 Å². The lowest BCUT2D eigenvalue weighted by Gasteiger charge is -2.06. The number of carbonyl (C=O) groups excluding carboxylic acids is 1. The number of hydrogen-bond donors (Lipinski definition) is 2. The van der Waals surface area contributed by atoms with Crippen LogP contribution in [-0.4, -0.2) is 17.4 Å². The third-order valence-corrected chi connectivity index (χ3v) is 3.95. The van der Waals surface area contributed by atoms with Gasteiger partial charge in [0.15, 0.2) is 0 Å². The van der Waals surface area contributed by atoms with Crippen molar-refractivity contribution in [1.82, 2.24) is 10.3 Å². The van der Waals surface area contributed by atoms with Crippen molar-refractivity contribution in [2.45, 2.75) is 6.42 Å². The van der Waals surface area contributed by atoms with Crippen LogP contribution in [0, 0.1) is 0 Å². The molecule has 3 rings (SSSR count). The van der Waals surface area contributed by atoms with Crippen molar-refractivity contribution in [2.75, 3.05) is 6.54 Å². The highest BCUT2D eigenvalue weighted by Gasteiger charge is 2.04. The van der Waals surface area contributed by atoms with Crippen molar-refractivity contribution < 1.29 is 4.79 Å². The van der Waals surface area contributed by atoms with Gasteiger partial charge in [0.1, 0.15) is 0 Å². The fourth-order valence-electron chi connectivity index (χ4n) is 2.27. The molecule has 0 aliphatic rings. The van der Waals surface area contributed by atoms with Gasteiger partial charge >= 0.3 is 0 Å². The molecule has 1 heterocycles. The molecule has 0 saturated carbocycles. The zero-order chi connectivity index (χ0) is 14.7. The molecule has 1 aromatic heterocycles. The van der Waals surface area contributed by atoms with Crippen molar-refractivity contribution in [3.63, 3.8) is 0 Å². The average Bonchev–Trinajstić information content (AvgIpc) is 2.95. The number of aromatic amines is 1. The van der Waals surface area contributed by atoms with Crippen LogP contribution in [0.25, 0.3) is 10.9 Å². The van der Waals surface area contributed by atoms with Gasteiger partial charge in [0.2, 0.25) is 0 Å². The highest BCUT2D eigenvalue weighted by atomic mass is 79.9. The minimum Gasteiger partial charge on any atom is -0.361 e. The predicted molar refractivity (Wildman–Crippen MR) is 88.5 cm³/mol. The van der Waals surface area contributed by atoms with Crippen LogP contribution < -0.4 is 5.32 Å². The van der Waals surface area contributed by atoms with Gasteiger partial charge in [0.05, 0.1) is 0 Å². The van der Waals surface area contributed by atoms with Crippen LogP contribution in [-0.2, 0) is 6.42 Å². The van der Waals surface area contributed by atoms with Crippen molar-refractivity contribution in [3.05, 3.63) is 70.3 Å². The summed E-state index contributed by atoms with van der Waals surface area (Å²) in [6.45, 7) is 0.626. The SMILES string of the molecule is O=C(NCCc1ccc2cc[nH]c2c1)c1ccc(Br)cc1. The first-order valence-electron chi connectivity index (χ1n) is 6.82. The highest BCUT2D eigenvalue weighted by Crippen LogP contribution is 2.14. The molecule has 0 aliphatic carbocycles. The summed E-state index contributed by atoms with van der Waals surface area (Å²) >= 11 is 3.36. The number of rotatable bonds is 4. The molecule has 106 valence electrons. The van der Waals surface area contributed by atoms with E-state index in [4.69, 9.17) is 0 Å². The smallest absolute Gasteiger partial charge is 0.251 e. The minimum atomic E-state index is -0.0385. The zero-order valence-corrected chi connectivity index (χ0v) is 13.0. The third-order valence-electron chi connectivity index (χ3n) is 3.43. The Balaban J connectivity index is 1.57. The number of carbonyl (C=O) groups is 1. The molecule has 21 heavy (non-hydrogen) atoms. The fraction of sp³-hybridized carbons (Fsp3) is 0.118. The monoisotopic (exact) mass is 342 g/mol. The molecule has 0 radical (unpaired) electrons. The van der Waals surface area contributed by atoms with E-state index < -0.39 is 0 Å². The van der Waals surface area contributed by atoms with E-state index in [1.807, 2.05) is 30.5 Å². The molecule has 3 nitrogen and oxygen atoms in total. The van der Waals surface area contributed by atoms with Gasteiger partial charge in [0.25, 0.3) is 5.91 Å². The maximum atomic E-state index is 12.0. The molecule has 0 bridgehead atoms. The van der Waals surface area contributed by atoms with E-state index in [1.54, 1.807) is 0 Å². The lowest BCUT2D eigenvalue weighted by atomic mass is 10.1. The summed E-state index contributed by atoms with van der Waals surface area (Å²) in [6, 6.07) is 15.7. The normalized spacial score (nSPS) is 10.7. The van der Waals surface area contributed by atoms with Gasteiger partial charge in [-0.1, -0.05) is 28.1 Å². The summed E-state index contributed by atoms with van der Waals surface area (Å²) in [4.78, 5) is 15.2. The number of nitrogens with one attached hydrogen (secondary N) is 2. The van der Waals surface area contributed by atoms with E-state index in [1.165, 1.54) is 10.9 Å². The quantitative estimate of drug-likeness (QED) is 0.741. The Labute approximate surface area is 131 Å². The standard InChI is InChI=1S/C17H15BrN2O/c18-15-5-3-14(4-6-15)17(21)20-9-7-12-1-2-13-8-10-19-16(13)11-12/h1-6,8,10-11,19H,7,9H2,(H,20,21). The van der Waals surface area contributed by atoms with Gasteiger partial charge in [-0.15, -0.1) is 0 Å². The summed E-state index contributed by atoms with van der Waals surface area (Å²) in [5.41, 5.74) is 3.02. The van der Waals surface area contributed by atoms with Gasteiger partial charge in [-0.05, 0) is 53.8 Å². The first-order valence-corrected chi connectivity index (χ1v) is 7.61. The molecule has 0 aliphatic heterocycles. The summed E-state index contributed by atoms with van der Waals surface area (Å²) in [5, 5.41) is 4.15. The van der Waals surface area contributed by atoms with Crippen LogP contribution in [0.2, 0.25) is 0 Å². The number of halogens is 1. The summed E-state index contributed by atoms with van der Waals surface area (Å²) in [5.74, 6) is -0.0385. The summed E-state index contributed by atoms with van der Waals surface area (Å²) in [6.07, 6.45) is 2.75. The largest absolute Gasteiger partial charge is 0.361 e. The van der Waals surface area contributed by atoms with E-state index in [0.29, 0.717) is 12.1 Å². The van der Waals surface area contributed by atoms with E-state index in [0.717, 1.165) is 16.4 Å². The molecule has 2 N–H and O–H groups in total. The molecule has 2 aromatic carbocycles. The van der Waals surface area contributed by atoms with Gasteiger partial charge < -0.3 is 10.3 Å². The van der Waals surface area contributed by atoms with Crippen LogP contribution in [0.5, 0.6) is 0 Å². The van der Waals surface area contributed by atoms with Crippen molar-refractivity contribution in [1.29, 1.82) is 0 Å². The second-order valence-corrected chi connectivity index (χ2v) is 5.83. The molecular weight excluding hydrogens is 328 g/mol. The molecule has 4 heteroatoms. The van der Waals surface area contributed by atoms with Crippen molar-refractivity contribution in [2.24, 2.45) is 0 Å². The Morgan fingerprint density at radius 3 is 2.71 bits per heavy atom. The molecule has 0 saturated heterocycles. The Morgan fingerprint density at radius 2 is 1.90 bits per heavy atom. The Kier molecular flexibility index (Phi) is 4.06. The first kappa shape index (κ1) is 13.9. The molecule has 0 fully saturated rings. The number of amides is 1. The predicted octanol–water partition coefficient (Wildman–Crippen LogP) is 3.90. The molecule has 3 aromatic rings. The first-order chi connectivity index (χ1) is 10.2. The number of benzene rings is 2. The minimum absolute atomic E-state index is 0.0385. The number of fused-ring (bicyclic) bond motifs is 1. The van der Waals surface area contributed by atoms with Gasteiger partial charge in [0, 0.05) is 28.3 Å². The van der Waals surface area contributed by atoms with E-state index >= 15 is 0 Å². The highest BCUT2D eigenvalue weighted by molar-refractivity contribution is 9.10. The fourth-order valence-corrected chi connectivity index (χ4v) is 2.54. The van der Waals surface area contributed by atoms with E-state index in [9.17, 15) is 4.79 Å². The Morgan fingerprint density at radius 1 is 1.10 bits per heavy atom. The number of H-pyrrole nitrogens is 1. The second-order valence-electron chi connectivity index (χ2n) is 4.91. The van der Waals surface area contributed by atoms with Gasteiger partial charge in [-0.2, -0.15) is 0 Å². The molecule has 0 atom stereocenters. The lowest BCUT2D eigenvalue weighted by Crippen LogP contribution is -2.25. The maximum absolute atomic E-state index is 12.0. The summed E-state index contributed by atoms with van der Waals surface area (Å²) in [7, 11) is 0. The van der Waals surface area contributed by atoms with Crippen LogP contribution >= 0.6 is 15.9 Å². The Hall–Kier alpha value is -2.07. The van der Waals surface area contributed by atoms with Crippen LogP contribution in [0.1, 0.15) is 15.9 Å². The second kappa shape index (κ2) is 6.14. The van der Waals surface area contributed by atoms with Crippen LogP contribution in [0.3, 0.4) is 0 Å². The zero-order valence-electron chi connectivity index (χ0n) is 11.4. The van der Waals surface area contributed by atoms with Gasteiger partial charge in [-0.3, -0.25) is 4.79 Å². The van der Waals surface area contributed by atoms with Crippen LogP contribution in [0.15, 0.2) is 59.2 Å². The molecular formula is C17H15BrN2O. The topological polar surface area (TPSA) is 44.9 Å². The van der Waals surface area contributed by atoms with Crippen molar-refractivity contribution in [3.8, 4) is 0 Å². The van der Waals surface area contributed by atoms with E-state index in [2.05, 4.69) is 50.5 Å². The average molecular weight is 343 g/mol. The number of aromatic nitrogens is 1. The maximum Gasteiger partial charge on any atom is 0.251 e.